The normalized spacial score (nSPS) is 11.0. The molecule has 0 amide bonds. The van der Waals surface area contributed by atoms with Crippen molar-refractivity contribution in [3.05, 3.63) is 46.4 Å². The van der Waals surface area contributed by atoms with Crippen LogP contribution in [0.25, 0.3) is 20.8 Å². The molecule has 0 aliphatic rings. The maximum Gasteiger partial charge on any atom is 0.124 e. The van der Waals surface area contributed by atoms with Gasteiger partial charge in [0, 0.05) is 10.0 Å². The van der Waals surface area contributed by atoms with E-state index in [0.717, 1.165) is 30.8 Å². The highest BCUT2D eigenvalue weighted by atomic mass is 79.9. The second-order valence-electron chi connectivity index (χ2n) is 4.13. The molecule has 0 spiro atoms. The summed E-state index contributed by atoms with van der Waals surface area (Å²) in [6, 6.07) is 11.7. The van der Waals surface area contributed by atoms with Crippen LogP contribution in [0.4, 0.5) is 0 Å². The molecule has 0 aliphatic carbocycles. The van der Waals surface area contributed by atoms with Crippen LogP contribution >= 0.6 is 27.3 Å². The van der Waals surface area contributed by atoms with Gasteiger partial charge >= 0.3 is 0 Å². The first-order valence-electron chi connectivity index (χ1n) is 5.49. The van der Waals surface area contributed by atoms with Gasteiger partial charge in [-0.15, -0.1) is 11.3 Å². The van der Waals surface area contributed by atoms with Gasteiger partial charge in [0.05, 0.1) is 10.2 Å². The molecule has 1 aromatic heterocycles. The van der Waals surface area contributed by atoms with Crippen LogP contribution in [0.1, 0.15) is 5.56 Å². The van der Waals surface area contributed by atoms with Crippen molar-refractivity contribution in [1.82, 2.24) is 4.98 Å². The summed E-state index contributed by atoms with van der Waals surface area (Å²) in [6.07, 6.45) is 0. The van der Waals surface area contributed by atoms with Crippen molar-refractivity contribution in [2.45, 2.75) is 6.92 Å². The van der Waals surface area contributed by atoms with Crippen molar-refractivity contribution < 1.29 is 5.11 Å². The summed E-state index contributed by atoms with van der Waals surface area (Å²) in [5.74, 6) is 0.313. The van der Waals surface area contributed by atoms with Crippen molar-refractivity contribution in [1.29, 1.82) is 0 Å². The van der Waals surface area contributed by atoms with Gasteiger partial charge in [0.1, 0.15) is 10.8 Å². The monoisotopic (exact) mass is 319 g/mol. The molecule has 0 aliphatic heterocycles. The Morgan fingerprint density at radius 1 is 1.17 bits per heavy atom. The van der Waals surface area contributed by atoms with E-state index >= 15 is 0 Å². The Balaban J connectivity index is 2.16. The molecule has 2 nitrogen and oxygen atoms in total. The number of aromatic hydroxyl groups is 1. The Morgan fingerprint density at radius 3 is 2.78 bits per heavy atom. The van der Waals surface area contributed by atoms with Crippen LogP contribution in [0.3, 0.4) is 0 Å². The van der Waals surface area contributed by atoms with Crippen LogP contribution in [0, 0.1) is 6.92 Å². The van der Waals surface area contributed by atoms with Gasteiger partial charge in [0.25, 0.3) is 0 Å². The topological polar surface area (TPSA) is 33.1 Å². The molecule has 90 valence electrons. The maximum absolute atomic E-state index is 9.75. The van der Waals surface area contributed by atoms with Crippen LogP contribution in [0.2, 0.25) is 0 Å². The van der Waals surface area contributed by atoms with E-state index in [0.29, 0.717) is 5.75 Å². The van der Waals surface area contributed by atoms with E-state index in [1.165, 1.54) is 0 Å². The highest BCUT2D eigenvalue weighted by molar-refractivity contribution is 9.10. The lowest BCUT2D eigenvalue weighted by Crippen LogP contribution is -1.78. The van der Waals surface area contributed by atoms with Gasteiger partial charge in [0.15, 0.2) is 0 Å². The second-order valence-corrected chi connectivity index (χ2v) is 6.08. The zero-order valence-corrected chi connectivity index (χ0v) is 12.0. The van der Waals surface area contributed by atoms with Crippen LogP contribution in [-0.2, 0) is 0 Å². The minimum absolute atomic E-state index is 0.313. The van der Waals surface area contributed by atoms with Crippen molar-refractivity contribution in [3.8, 4) is 16.3 Å². The lowest BCUT2D eigenvalue weighted by molar-refractivity contribution is 0.471. The number of benzene rings is 2. The molecule has 1 heterocycles. The highest BCUT2D eigenvalue weighted by Gasteiger charge is 2.08. The molecule has 18 heavy (non-hydrogen) atoms. The van der Waals surface area contributed by atoms with Crippen LogP contribution in [0.5, 0.6) is 5.75 Å². The fourth-order valence-electron chi connectivity index (χ4n) is 1.76. The molecule has 2 aromatic carbocycles. The Labute approximate surface area is 117 Å². The molecule has 0 radical (unpaired) electrons. The van der Waals surface area contributed by atoms with Gasteiger partial charge in [0.2, 0.25) is 0 Å². The lowest BCUT2D eigenvalue weighted by atomic mass is 10.1. The molecule has 3 rings (SSSR count). The number of halogens is 1. The second kappa shape index (κ2) is 4.37. The van der Waals surface area contributed by atoms with Gasteiger partial charge in [-0.3, -0.25) is 0 Å². The first-order valence-corrected chi connectivity index (χ1v) is 7.10. The molecule has 0 unspecified atom stereocenters. The number of nitrogens with zero attached hydrogens (tertiary/aromatic N) is 1. The average molecular weight is 320 g/mol. The third kappa shape index (κ3) is 2.02. The van der Waals surface area contributed by atoms with E-state index in [1.54, 1.807) is 17.4 Å². The van der Waals surface area contributed by atoms with Crippen LogP contribution < -0.4 is 0 Å². The van der Waals surface area contributed by atoms with Gasteiger partial charge in [-0.05, 0) is 36.8 Å². The summed E-state index contributed by atoms with van der Waals surface area (Å²) < 4.78 is 2.19. The number of phenols is 1. The summed E-state index contributed by atoms with van der Waals surface area (Å²) >= 11 is 5.08. The molecule has 0 saturated carbocycles. The number of rotatable bonds is 1. The molecule has 0 fully saturated rings. The van der Waals surface area contributed by atoms with Crippen LogP contribution in [-0.4, -0.2) is 10.1 Å². The number of fused-ring (bicyclic) bond motifs is 1. The van der Waals surface area contributed by atoms with Gasteiger partial charge in [-0.1, -0.05) is 28.1 Å². The van der Waals surface area contributed by atoms with Crippen molar-refractivity contribution in [2.75, 3.05) is 0 Å². The van der Waals surface area contributed by atoms with E-state index in [4.69, 9.17) is 0 Å². The van der Waals surface area contributed by atoms with E-state index in [2.05, 4.69) is 27.0 Å². The number of phenolic OH excluding ortho intramolecular Hbond substituents is 1. The smallest absolute Gasteiger partial charge is 0.124 e. The number of aryl methyl sites for hydroxylation is 1. The first-order chi connectivity index (χ1) is 8.63. The Morgan fingerprint density at radius 2 is 2.00 bits per heavy atom. The number of hydrogen-bond donors (Lipinski definition) is 1. The average Bonchev–Trinajstić information content (AvgIpc) is 2.75. The molecular weight excluding hydrogens is 310 g/mol. The van der Waals surface area contributed by atoms with Crippen LogP contribution in [0.15, 0.2) is 40.9 Å². The fourth-order valence-corrected chi connectivity index (χ4v) is 3.28. The summed E-state index contributed by atoms with van der Waals surface area (Å²) in [7, 11) is 0. The first kappa shape index (κ1) is 11.7. The fraction of sp³-hybridized carbons (Fsp3) is 0.0714. The number of aromatic nitrogens is 1. The molecule has 3 aromatic rings. The largest absolute Gasteiger partial charge is 0.508 e. The third-order valence-electron chi connectivity index (χ3n) is 2.81. The van der Waals surface area contributed by atoms with E-state index in [1.807, 2.05) is 31.2 Å². The lowest BCUT2D eigenvalue weighted by Gasteiger charge is -2.00. The predicted octanol–water partition coefficient (Wildman–Crippen LogP) is 4.74. The van der Waals surface area contributed by atoms with Crippen molar-refractivity contribution >= 4 is 37.5 Å². The molecule has 0 atom stereocenters. The zero-order chi connectivity index (χ0) is 12.7. The Kier molecular flexibility index (Phi) is 2.84. The third-order valence-corrected chi connectivity index (χ3v) is 4.37. The summed E-state index contributed by atoms with van der Waals surface area (Å²) in [5.41, 5.74) is 2.82. The Bertz CT molecular complexity index is 736. The standard InChI is InChI=1S/C14H10BrNOS/c1-8-2-3-9(6-12(8)17)14-16-11-5-4-10(15)7-13(11)18-14/h2-7,17H,1H3. The predicted molar refractivity (Wildman–Crippen MR) is 79.2 cm³/mol. The SMILES string of the molecule is Cc1ccc(-c2nc3ccc(Br)cc3s2)cc1O. The maximum atomic E-state index is 9.75. The van der Waals surface area contributed by atoms with Crippen molar-refractivity contribution in [3.63, 3.8) is 0 Å². The summed E-state index contributed by atoms with van der Waals surface area (Å²) in [6.45, 7) is 1.88. The van der Waals surface area contributed by atoms with E-state index in [-0.39, 0.29) is 0 Å². The number of thiazole rings is 1. The molecule has 0 bridgehead atoms. The van der Waals surface area contributed by atoms with E-state index in [9.17, 15) is 5.11 Å². The number of hydrogen-bond acceptors (Lipinski definition) is 3. The quantitative estimate of drug-likeness (QED) is 0.702. The Hall–Kier alpha value is -1.39. The highest BCUT2D eigenvalue weighted by Crippen LogP contribution is 2.33. The van der Waals surface area contributed by atoms with E-state index < -0.39 is 0 Å². The molecule has 0 saturated heterocycles. The molecular formula is C14H10BrNOS. The van der Waals surface area contributed by atoms with Gasteiger partial charge < -0.3 is 5.11 Å². The van der Waals surface area contributed by atoms with Crippen molar-refractivity contribution in [2.24, 2.45) is 0 Å². The summed E-state index contributed by atoms with van der Waals surface area (Å²) in [4.78, 5) is 4.58. The van der Waals surface area contributed by atoms with Gasteiger partial charge in [-0.25, -0.2) is 4.98 Å². The summed E-state index contributed by atoms with van der Waals surface area (Å²) in [5, 5.41) is 10.7. The molecule has 1 N–H and O–H groups in total. The molecule has 4 heteroatoms. The van der Waals surface area contributed by atoms with Gasteiger partial charge in [-0.2, -0.15) is 0 Å². The minimum Gasteiger partial charge on any atom is -0.508 e. The minimum atomic E-state index is 0.313. The zero-order valence-electron chi connectivity index (χ0n) is 9.64.